The van der Waals surface area contributed by atoms with E-state index >= 15 is 0 Å². The Morgan fingerprint density at radius 3 is 2.76 bits per heavy atom. The molecular weight excluding hydrogens is 362 g/mol. The highest BCUT2D eigenvalue weighted by molar-refractivity contribution is 7.91. The van der Waals surface area contributed by atoms with Gasteiger partial charge in [0.1, 0.15) is 4.21 Å². The number of rotatable bonds is 7. The summed E-state index contributed by atoms with van der Waals surface area (Å²) in [5.74, 6) is 1.65. The number of nitrogens with zero attached hydrogens (tertiary/aromatic N) is 3. The van der Waals surface area contributed by atoms with E-state index in [0.717, 1.165) is 17.7 Å². The molecule has 1 fully saturated rings. The van der Waals surface area contributed by atoms with E-state index in [4.69, 9.17) is 9.26 Å². The second-order valence-corrected chi connectivity index (χ2v) is 9.72. The lowest BCUT2D eigenvalue weighted by Gasteiger charge is -2.30. The van der Waals surface area contributed by atoms with E-state index < -0.39 is 10.0 Å². The smallest absolute Gasteiger partial charge is 0.252 e. The van der Waals surface area contributed by atoms with Crippen molar-refractivity contribution < 1.29 is 17.7 Å². The Labute approximate surface area is 152 Å². The zero-order valence-corrected chi connectivity index (χ0v) is 16.1. The molecule has 9 heteroatoms. The third kappa shape index (κ3) is 4.46. The van der Waals surface area contributed by atoms with Crippen LogP contribution in [0.5, 0.6) is 0 Å². The molecule has 0 atom stereocenters. The maximum Gasteiger partial charge on any atom is 0.252 e. The fraction of sp³-hybridized carbons (Fsp3) is 0.625. The fourth-order valence-electron chi connectivity index (χ4n) is 2.95. The number of sulfonamides is 1. The van der Waals surface area contributed by atoms with Crippen molar-refractivity contribution in [1.29, 1.82) is 0 Å². The summed E-state index contributed by atoms with van der Waals surface area (Å²) in [4.78, 5) is 5.38. The van der Waals surface area contributed by atoms with E-state index in [2.05, 4.69) is 10.1 Å². The Balaban J connectivity index is 1.54. The highest BCUT2D eigenvalue weighted by atomic mass is 32.2. The van der Waals surface area contributed by atoms with Crippen molar-refractivity contribution in [1.82, 2.24) is 14.4 Å². The molecule has 0 saturated carbocycles. The van der Waals surface area contributed by atoms with E-state index in [1.54, 1.807) is 17.5 Å². The Morgan fingerprint density at radius 1 is 1.36 bits per heavy atom. The first-order valence-electron chi connectivity index (χ1n) is 8.36. The van der Waals surface area contributed by atoms with Crippen LogP contribution < -0.4 is 0 Å². The second-order valence-electron chi connectivity index (χ2n) is 6.26. The average Bonchev–Trinajstić information content (AvgIpc) is 3.23. The molecule has 0 bridgehead atoms. The van der Waals surface area contributed by atoms with Gasteiger partial charge in [-0.2, -0.15) is 9.29 Å². The molecule has 138 valence electrons. The van der Waals surface area contributed by atoms with Gasteiger partial charge in [-0.25, -0.2) is 8.42 Å². The van der Waals surface area contributed by atoms with Crippen LogP contribution in [0.15, 0.2) is 20.9 Å². The predicted octanol–water partition coefficient (Wildman–Crippen LogP) is 2.27. The standard InChI is InChI=1S/C16H23N3O4S2/c1-12-3-4-16(24-12)25(20,21)19-8-5-13(6-9-19)11-15-17-14(18-23-15)7-10-22-2/h3-4,13H,5-11H2,1-2H3. The van der Waals surface area contributed by atoms with Crippen molar-refractivity contribution in [2.24, 2.45) is 5.92 Å². The van der Waals surface area contributed by atoms with Crippen LogP contribution in [0, 0.1) is 12.8 Å². The summed E-state index contributed by atoms with van der Waals surface area (Å²) in [5.41, 5.74) is 0. The molecule has 1 aliphatic rings. The first kappa shape index (κ1) is 18.5. The maximum atomic E-state index is 12.7. The van der Waals surface area contributed by atoms with Crippen LogP contribution in [0.4, 0.5) is 0 Å². The molecule has 3 rings (SSSR count). The molecule has 3 heterocycles. The molecule has 0 radical (unpaired) electrons. The summed E-state index contributed by atoms with van der Waals surface area (Å²) in [6.45, 7) is 3.56. The first-order chi connectivity index (χ1) is 12.0. The quantitative estimate of drug-likeness (QED) is 0.727. The van der Waals surface area contributed by atoms with Crippen LogP contribution in [-0.2, 0) is 27.6 Å². The summed E-state index contributed by atoms with van der Waals surface area (Å²) in [6, 6.07) is 3.54. The number of hydrogen-bond donors (Lipinski definition) is 0. The van der Waals surface area contributed by atoms with E-state index in [1.165, 1.54) is 11.3 Å². The third-order valence-electron chi connectivity index (χ3n) is 4.39. The second kappa shape index (κ2) is 7.94. The Morgan fingerprint density at radius 2 is 2.12 bits per heavy atom. The van der Waals surface area contributed by atoms with E-state index in [9.17, 15) is 8.42 Å². The molecular formula is C16H23N3O4S2. The van der Waals surface area contributed by atoms with Gasteiger partial charge in [-0.05, 0) is 37.8 Å². The Hall–Kier alpha value is -1.29. The lowest BCUT2D eigenvalue weighted by Crippen LogP contribution is -2.38. The summed E-state index contributed by atoms with van der Waals surface area (Å²) in [6.07, 6.45) is 2.95. The molecule has 0 N–H and O–H groups in total. The van der Waals surface area contributed by atoms with Crippen molar-refractivity contribution >= 4 is 21.4 Å². The predicted molar refractivity (Wildman–Crippen MR) is 94.1 cm³/mol. The van der Waals surface area contributed by atoms with Crippen LogP contribution in [0.25, 0.3) is 0 Å². The van der Waals surface area contributed by atoms with Gasteiger partial charge in [0.15, 0.2) is 5.82 Å². The SMILES string of the molecule is COCCc1noc(CC2CCN(S(=O)(=O)c3ccc(C)s3)CC2)n1. The summed E-state index contributed by atoms with van der Waals surface area (Å²) >= 11 is 1.33. The first-order valence-corrected chi connectivity index (χ1v) is 10.6. The molecule has 7 nitrogen and oxygen atoms in total. The molecule has 25 heavy (non-hydrogen) atoms. The molecule has 0 aliphatic carbocycles. The van der Waals surface area contributed by atoms with Gasteiger partial charge in [-0.15, -0.1) is 11.3 Å². The minimum atomic E-state index is -3.36. The van der Waals surface area contributed by atoms with Gasteiger partial charge < -0.3 is 9.26 Å². The van der Waals surface area contributed by atoms with Gasteiger partial charge in [-0.1, -0.05) is 5.16 Å². The van der Waals surface area contributed by atoms with Crippen molar-refractivity contribution in [2.75, 3.05) is 26.8 Å². The number of aromatic nitrogens is 2. The zero-order valence-electron chi connectivity index (χ0n) is 14.5. The van der Waals surface area contributed by atoms with Gasteiger partial charge in [0.2, 0.25) is 5.89 Å². The number of hydrogen-bond acceptors (Lipinski definition) is 7. The molecule has 1 saturated heterocycles. The molecule has 1 aliphatic heterocycles. The van der Waals surface area contributed by atoms with Crippen molar-refractivity contribution in [3.05, 3.63) is 28.7 Å². The number of aryl methyl sites for hydroxylation is 1. The molecule has 2 aromatic heterocycles. The van der Waals surface area contributed by atoms with Crippen LogP contribution in [0.3, 0.4) is 0 Å². The highest BCUT2D eigenvalue weighted by Gasteiger charge is 2.31. The minimum absolute atomic E-state index is 0.368. The largest absolute Gasteiger partial charge is 0.384 e. The zero-order chi connectivity index (χ0) is 17.9. The Kier molecular flexibility index (Phi) is 5.88. The average molecular weight is 386 g/mol. The number of thiophene rings is 1. The van der Waals surface area contributed by atoms with Gasteiger partial charge in [-0.3, -0.25) is 0 Å². The molecule has 0 spiro atoms. The topological polar surface area (TPSA) is 85.5 Å². The van der Waals surface area contributed by atoms with E-state index in [1.807, 2.05) is 13.0 Å². The number of ether oxygens (including phenoxy) is 1. The van der Waals surface area contributed by atoms with Gasteiger partial charge in [0, 0.05) is 37.9 Å². The molecule has 2 aromatic rings. The highest BCUT2D eigenvalue weighted by Crippen LogP contribution is 2.29. The number of piperidine rings is 1. The van der Waals surface area contributed by atoms with Crippen molar-refractivity contribution in [3.63, 3.8) is 0 Å². The summed E-state index contributed by atoms with van der Waals surface area (Å²) in [7, 11) is -1.72. The van der Waals surface area contributed by atoms with Crippen LogP contribution in [0.1, 0.15) is 29.4 Å². The van der Waals surface area contributed by atoms with Gasteiger partial charge in [0.25, 0.3) is 10.0 Å². The number of methoxy groups -OCH3 is 1. The Bertz CT molecular complexity index is 792. The third-order valence-corrected chi connectivity index (χ3v) is 7.75. The van der Waals surface area contributed by atoms with E-state index in [0.29, 0.717) is 54.4 Å². The molecule has 0 unspecified atom stereocenters. The van der Waals surface area contributed by atoms with Crippen LogP contribution in [-0.4, -0.2) is 49.7 Å². The molecule has 0 amide bonds. The lowest BCUT2D eigenvalue weighted by atomic mass is 9.95. The van der Waals surface area contributed by atoms with E-state index in [-0.39, 0.29) is 0 Å². The van der Waals surface area contributed by atoms with Crippen molar-refractivity contribution in [3.8, 4) is 0 Å². The summed E-state index contributed by atoms with van der Waals surface area (Å²) < 4.78 is 37.6. The van der Waals surface area contributed by atoms with Gasteiger partial charge in [0.05, 0.1) is 6.61 Å². The monoisotopic (exact) mass is 385 g/mol. The van der Waals surface area contributed by atoms with Crippen molar-refractivity contribution in [2.45, 2.75) is 36.8 Å². The lowest BCUT2D eigenvalue weighted by molar-refractivity contribution is 0.199. The normalized spacial score (nSPS) is 17.2. The molecule has 0 aromatic carbocycles. The summed E-state index contributed by atoms with van der Waals surface area (Å²) in [5, 5.41) is 3.94. The minimum Gasteiger partial charge on any atom is -0.384 e. The van der Waals surface area contributed by atoms with Crippen LogP contribution in [0.2, 0.25) is 0 Å². The maximum absolute atomic E-state index is 12.7. The fourth-order valence-corrected chi connectivity index (χ4v) is 5.85. The van der Waals surface area contributed by atoms with Crippen LogP contribution >= 0.6 is 11.3 Å². The van der Waals surface area contributed by atoms with Gasteiger partial charge >= 0.3 is 0 Å².